The highest BCUT2D eigenvalue weighted by molar-refractivity contribution is 6.35. The molecule has 0 bridgehead atoms. The maximum atomic E-state index is 9.47. The Labute approximate surface area is 126 Å². The van der Waals surface area contributed by atoms with Crippen molar-refractivity contribution in [3.63, 3.8) is 0 Å². The second-order valence-electron chi connectivity index (χ2n) is 4.04. The molecule has 2 nitrogen and oxygen atoms in total. The van der Waals surface area contributed by atoms with Gasteiger partial charge in [0.1, 0.15) is 11.5 Å². The third-order valence-corrected chi connectivity index (χ3v) is 3.38. The van der Waals surface area contributed by atoms with Crippen molar-refractivity contribution in [2.75, 3.05) is 0 Å². The summed E-state index contributed by atoms with van der Waals surface area (Å²) >= 11 is 17.9. The number of benzene rings is 2. The first kappa shape index (κ1) is 14.5. The predicted molar refractivity (Wildman–Crippen MR) is 78.6 cm³/mol. The lowest BCUT2D eigenvalue weighted by atomic mass is 10.1. The van der Waals surface area contributed by atoms with Crippen LogP contribution in [0.25, 0.3) is 0 Å². The summed E-state index contributed by atoms with van der Waals surface area (Å²) in [5, 5.41) is 10.8. The molecule has 1 N–H and O–H groups in total. The first-order valence-corrected chi connectivity index (χ1v) is 6.71. The maximum Gasteiger partial charge on any atom is 0.146 e. The Hall–Kier alpha value is -0.930. The Morgan fingerprint density at radius 3 is 2.05 bits per heavy atom. The highest BCUT2D eigenvalue weighted by Crippen LogP contribution is 2.35. The van der Waals surface area contributed by atoms with Gasteiger partial charge in [0.05, 0.1) is 16.1 Å². The summed E-state index contributed by atoms with van der Waals surface area (Å²) in [6.45, 7) is 1.67. The van der Waals surface area contributed by atoms with Gasteiger partial charge in [-0.2, -0.15) is 0 Å². The van der Waals surface area contributed by atoms with Crippen LogP contribution in [0.1, 0.15) is 18.6 Å². The molecule has 0 aliphatic rings. The Bertz CT molecular complexity index is 597. The van der Waals surface area contributed by atoms with E-state index in [1.54, 1.807) is 43.3 Å². The summed E-state index contributed by atoms with van der Waals surface area (Å²) in [5.74, 6) is 0.938. The molecule has 0 aliphatic carbocycles. The Morgan fingerprint density at radius 1 is 0.947 bits per heavy atom. The van der Waals surface area contributed by atoms with Crippen LogP contribution in [0, 0.1) is 0 Å². The number of halogens is 3. The molecule has 19 heavy (non-hydrogen) atoms. The standard InChI is InChI=1S/C14H11Cl3O2/c1-8(18)9-2-4-13(11(16)6-9)19-14-5-3-10(15)7-12(14)17/h2-8,18H,1H3. The van der Waals surface area contributed by atoms with Gasteiger partial charge >= 0.3 is 0 Å². The minimum Gasteiger partial charge on any atom is -0.454 e. The van der Waals surface area contributed by atoms with Gasteiger partial charge in [-0.05, 0) is 42.8 Å². The van der Waals surface area contributed by atoms with Gasteiger partial charge in [0.25, 0.3) is 0 Å². The number of hydrogen-bond donors (Lipinski definition) is 1. The topological polar surface area (TPSA) is 29.5 Å². The fourth-order valence-electron chi connectivity index (χ4n) is 1.54. The van der Waals surface area contributed by atoms with Crippen molar-refractivity contribution < 1.29 is 9.84 Å². The van der Waals surface area contributed by atoms with E-state index in [1.807, 2.05) is 0 Å². The smallest absolute Gasteiger partial charge is 0.146 e. The molecular formula is C14H11Cl3O2. The third kappa shape index (κ3) is 3.54. The molecule has 0 spiro atoms. The van der Waals surface area contributed by atoms with Crippen LogP contribution >= 0.6 is 34.8 Å². The minimum atomic E-state index is -0.578. The van der Waals surface area contributed by atoms with Crippen molar-refractivity contribution >= 4 is 34.8 Å². The molecule has 0 heterocycles. The van der Waals surface area contributed by atoms with E-state index in [1.165, 1.54) is 0 Å². The average molecular weight is 318 g/mol. The molecule has 0 amide bonds. The lowest BCUT2D eigenvalue weighted by Gasteiger charge is -2.11. The molecule has 0 saturated carbocycles. The van der Waals surface area contributed by atoms with Gasteiger partial charge in [-0.3, -0.25) is 0 Å². The van der Waals surface area contributed by atoms with Gasteiger partial charge in [0.15, 0.2) is 0 Å². The van der Waals surface area contributed by atoms with Gasteiger partial charge in [0.2, 0.25) is 0 Å². The highest BCUT2D eigenvalue weighted by Gasteiger charge is 2.09. The van der Waals surface area contributed by atoms with Crippen molar-refractivity contribution in [2.24, 2.45) is 0 Å². The lowest BCUT2D eigenvalue weighted by Crippen LogP contribution is -1.92. The zero-order valence-corrected chi connectivity index (χ0v) is 12.3. The molecule has 0 fully saturated rings. The molecule has 2 aromatic carbocycles. The van der Waals surface area contributed by atoms with Crippen molar-refractivity contribution in [2.45, 2.75) is 13.0 Å². The number of ether oxygens (including phenoxy) is 1. The van der Waals surface area contributed by atoms with E-state index >= 15 is 0 Å². The van der Waals surface area contributed by atoms with E-state index < -0.39 is 6.10 Å². The zero-order chi connectivity index (χ0) is 14.0. The number of aliphatic hydroxyl groups is 1. The molecule has 0 radical (unpaired) electrons. The predicted octanol–water partition coefficient (Wildman–Crippen LogP) is 5.49. The molecule has 0 aromatic heterocycles. The molecule has 0 saturated heterocycles. The summed E-state index contributed by atoms with van der Waals surface area (Å²) in [6, 6.07) is 10.0. The number of aliphatic hydroxyl groups excluding tert-OH is 1. The van der Waals surface area contributed by atoms with Gasteiger partial charge in [-0.15, -0.1) is 0 Å². The largest absolute Gasteiger partial charge is 0.454 e. The third-order valence-electron chi connectivity index (χ3n) is 2.55. The maximum absolute atomic E-state index is 9.47. The summed E-state index contributed by atoms with van der Waals surface area (Å²) in [4.78, 5) is 0. The van der Waals surface area contributed by atoms with Gasteiger partial charge < -0.3 is 9.84 Å². The Morgan fingerprint density at radius 2 is 1.53 bits per heavy atom. The lowest BCUT2D eigenvalue weighted by molar-refractivity contribution is 0.199. The second-order valence-corrected chi connectivity index (χ2v) is 5.29. The van der Waals surface area contributed by atoms with Gasteiger partial charge in [-0.1, -0.05) is 40.9 Å². The van der Waals surface area contributed by atoms with Crippen LogP contribution in [0.15, 0.2) is 36.4 Å². The number of hydrogen-bond acceptors (Lipinski definition) is 2. The van der Waals surface area contributed by atoms with E-state index in [2.05, 4.69) is 0 Å². The molecule has 1 unspecified atom stereocenters. The fourth-order valence-corrected chi connectivity index (χ4v) is 2.21. The fraction of sp³-hybridized carbons (Fsp3) is 0.143. The van der Waals surface area contributed by atoms with Gasteiger partial charge in [0, 0.05) is 5.02 Å². The van der Waals surface area contributed by atoms with Crippen LogP contribution in [0.2, 0.25) is 15.1 Å². The van der Waals surface area contributed by atoms with Crippen LogP contribution in [0.4, 0.5) is 0 Å². The highest BCUT2D eigenvalue weighted by atomic mass is 35.5. The minimum absolute atomic E-state index is 0.406. The average Bonchev–Trinajstić information content (AvgIpc) is 2.34. The summed E-state index contributed by atoms with van der Waals surface area (Å²) in [5.41, 5.74) is 0.722. The van der Waals surface area contributed by atoms with Crippen molar-refractivity contribution in [3.8, 4) is 11.5 Å². The molecule has 5 heteroatoms. The first-order valence-electron chi connectivity index (χ1n) is 5.58. The van der Waals surface area contributed by atoms with E-state index in [9.17, 15) is 5.11 Å². The first-order chi connectivity index (χ1) is 8.97. The van der Waals surface area contributed by atoms with E-state index in [0.717, 1.165) is 5.56 Å². The Balaban J connectivity index is 2.28. The van der Waals surface area contributed by atoms with Crippen LogP contribution in [0.5, 0.6) is 11.5 Å². The second kappa shape index (κ2) is 6.02. The van der Waals surface area contributed by atoms with E-state index in [4.69, 9.17) is 39.5 Å². The SMILES string of the molecule is CC(O)c1ccc(Oc2ccc(Cl)cc2Cl)c(Cl)c1. The molecule has 0 aliphatic heterocycles. The van der Waals surface area contributed by atoms with E-state index in [0.29, 0.717) is 26.6 Å². The quantitative estimate of drug-likeness (QED) is 0.810. The van der Waals surface area contributed by atoms with Crippen LogP contribution in [-0.4, -0.2) is 5.11 Å². The van der Waals surface area contributed by atoms with Gasteiger partial charge in [-0.25, -0.2) is 0 Å². The summed E-state index contributed by atoms with van der Waals surface area (Å²) < 4.78 is 5.63. The normalized spacial score (nSPS) is 12.3. The number of rotatable bonds is 3. The van der Waals surface area contributed by atoms with E-state index in [-0.39, 0.29) is 0 Å². The zero-order valence-electron chi connectivity index (χ0n) is 10.0. The molecule has 2 rings (SSSR count). The molecule has 100 valence electrons. The summed E-state index contributed by atoms with van der Waals surface area (Å²) in [6.07, 6.45) is -0.578. The monoisotopic (exact) mass is 316 g/mol. The molecule has 2 aromatic rings. The Kier molecular flexibility index (Phi) is 4.58. The van der Waals surface area contributed by atoms with Crippen molar-refractivity contribution in [3.05, 3.63) is 57.0 Å². The van der Waals surface area contributed by atoms with Crippen LogP contribution in [0.3, 0.4) is 0 Å². The van der Waals surface area contributed by atoms with Crippen LogP contribution < -0.4 is 4.74 Å². The molecule has 1 atom stereocenters. The summed E-state index contributed by atoms with van der Waals surface area (Å²) in [7, 11) is 0. The van der Waals surface area contributed by atoms with Crippen molar-refractivity contribution in [1.29, 1.82) is 0 Å². The van der Waals surface area contributed by atoms with Crippen molar-refractivity contribution in [1.82, 2.24) is 0 Å². The molecular weight excluding hydrogens is 307 g/mol. The van der Waals surface area contributed by atoms with Crippen LogP contribution in [-0.2, 0) is 0 Å².